The molecule has 0 fully saturated rings. The van der Waals surface area contributed by atoms with Crippen LogP contribution in [0.5, 0.6) is 0 Å². The van der Waals surface area contributed by atoms with Gasteiger partial charge in [0.25, 0.3) is 20.2 Å². The Morgan fingerprint density at radius 2 is 0.828 bits per heavy atom. The van der Waals surface area contributed by atoms with Crippen LogP contribution in [-0.4, -0.2) is 47.1 Å². The molecule has 0 aliphatic carbocycles. The minimum absolute atomic E-state index is 0.241. The van der Waals surface area contributed by atoms with Crippen LogP contribution >= 0.6 is 0 Å². The quantitative estimate of drug-likeness (QED) is 0.121. The van der Waals surface area contributed by atoms with E-state index in [1.807, 2.05) is 56.5 Å². The maximum Gasteiger partial charge on any atom is 0.294 e. The number of H-pyrrole nitrogens is 2. The van der Waals surface area contributed by atoms with E-state index in [-0.39, 0.29) is 9.79 Å². The van der Waals surface area contributed by atoms with Gasteiger partial charge in [0.2, 0.25) is 0 Å². The van der Waals surface area contributed by atoms with E-state index >= 15 is 0 Å². The second kappa shape index (κ2) is 14.0. The Kier molecular flexibility index (Phi) is 8.94. The maximum atomic E-state index is 12.0. The first kappa shape index (κ1) is 36.9. The van der Waals surface area contributed by atoms with Gasteiger partial charge in [-0.15, -0.1) is 0 Å². The molecule has 9 rings (SSSR count). The van der Waals surface area contributed by atoms with Crippen LogP contribution < -0.4 is 0 Å². The fourth-order valence-electron chi connectivity index (χ4n) is 7.48. The number of nitrogens with one attached hydrogen (secondary N) is 2. The SMILES string of the molecule is Cc1ccc(-c2c3cc(c(-c4ccc(S(=O)(=O)O)cc4)c4ccc([nH]4)c(-c4ccc(S(=O)(=O)O)cc4)c4nc(c(-c5ccc(C)cc5)c5ccc2[nH]5)C=C4)N=C3)cc1. The standard InChI is InChI=1S/C46H34N4O6S2/c1-27-3-7-29(8-4-27)43-33-25-42(47-26-33)46(32-13-17-35(18-14-32)58(54,55)56)41-24-23-40(50-41)45(31-11-15-34(16-12-31)57(51,52)53)39-22-21-38(49-39)44(37-20-19-36(43)48-37)30-9-5-28(2)6-10-30/h3-26,48,50H,1-2H3,(H,51,52,53)(H,54,55,56). The first-order valence-corrected chi connectivity index (χ1v) is 21.1. The molecule has 0 spiro atoms. The van der Waals surface area contributed by atoms with Crippen molar-refractivity contribution < 1.29 is 25.9 Å². The van der Waals surface area contributed by atoms with Gasteiger partial charge in [-0.2, -0.15) is 16.8 Å². The Balaban J connectivity index is 1.44. The second-order valence-electron chi connectivity index (χ2n) is 14.3. The molecule has 0 saturated heterocycles. The van der Waals surface area contributed by atoms with E-state index < -0.39 is 20.2 Å². The third-order valence-corrected chi connectivity index (χ3v) is 12.1. The van der Waals surface area contributed by atoms with Crippen molar-refractivity contribution in [3.05, 3.63) is 155 Å². The fourth-order valence-corrected chi connectivity index (χ4v) is 8.44. The van der Waals surface area contributed by atoms with E-state index in [1.165, 1.54) is 24.3 Å². The number of aliphatic imine (C=N–C) groups is 1. The lowest BCUT2D eigenvalue weighted by molar-refractivity contribution is 0.481. The molecule has 3 aromatic heterocycles. The fraction of sp³-hybridized carbons (Fsp3) is 0.0435. The summed E-state index contributed by atoms with van der Waals surface area (Å²) >= 11 is 0. The van der Waals surface area contributed by atoms with Crippen LogP contribution in [0.15, 0.2) is 142 Å². The molecule has 0 saturated carbocycles. The van der Waals surface area contributed by atoms with Crippen molar-refractivity contribution in [2.24, 2.45) is 4.99 Å². The second-order valence-corrected chi connectivity index (χ2v) is 17.1. The Bertz CT molecular complexity index is 3040. The molecule has 2 aliphatic rings. The van der Waals surface area contributed by atoms with Gasteiger partial charge in [0, 0.05) is 56.1 Å². The molecule has 0 atom stereocenters. The number of benzene rings is 4. The summed E-state index contributed by atoms with van der Waals surface area (Å²) in [5.41, 5.74) is 14.3. The van der Waals surface area contributed by atoms with Gasteiger partial charge in [-0.3, -0.25) is 14.1 Å². The molecule has 5 heterocycles. The van der Waals surface area contributed by atoms with Crippen LogP contribution in [0.4, 0.5) is 5.69 Å². The van der Waals surface area contributed by atoms with E-state index in [1.54, 1.807) is 24.3 Å². The smallest absolute Gasteiger partial charge is 0.294 e. The van der Waals surface area contributed by atoms with E-state index in [2.05, 4.69) is 64.6 Å². The molecule has 0 unspecified atom stereocenters. The third-order valence-electron chi connectivity index (χ3n) is 10.3. The summed E-state index contributed by atoms with van der Waals surface area (Å²) in [6.45, 7) is 4.09. The third kappa shape index (κ3) is 6.88. The molecule has 4 N–H and O–H groups in total. The lowest BCUT2D eigenvalue weighted by atomic mass is 9.99. The van der Waals surface area contributed by atoms with Crippen LogP contribution in [0, 0.1) is 13.8 Å². The molecular weight excluding hydrogens is 769 g/mol. The Labute approximate surface area is 334 Å². The molecule has 8 bridgehead atoms. The van der Waals surface area contributed by atoms with E-state index in [0.717, 1.165) is 50.0 Å². The average Bonchev–Trinajstić information content (AvgIpc) is 4.04. The van der Waals surface area contributed by atoms with Crippen LogP contribution in [0.1, 0.15) is 28.1 Å². The normalized spacial score (nSPS) is 12.6. The number of aromatic amines is 2. The first-order valence-electron chi connectivity index (χ1n) is 18.3. The highest BCUT2D eigenvalue weighted by Gasteiger charge is 2.20. The van der Waals surface area contributed by atoms with E-state index in [4.69, 9.17) is 9.98 Å². The molecule has 2 aliphatic heterocycles. The molecule has 58 heavy (non-hydrogen) atoms. The monoisotopic (exact) mass is 802 g/mol. The Morgan fingerprint density at radius 3 is 1.26 bits per heavy atom. The molecule has 10 nitrogen and oxygen atoms in total. The van der Waals surface area contributed by atoms with Crippen LogP contribution in [0.3, 0.4) is 0 Å². The minimum atomic E-state index is -4.44. The summed E-state index contributed by atoms with van der Waals surface area (Å²) in [6.07, 6.45) is 5.71. The molecule has 7 aromatic rings. The largest absolute Gasteiger partial charge is 0.354 e. The number of aromatic nitrogens is 3. The summed E-state index contributed by atoms with van der Waals surface area (Å²) in [5, 5.41) is 0. The van der Waals surface area contributed by atoms with Crippen molar-refractivity contribution in [3.8, 4) is 44.5 Å². The number of aryl methyl sites for hydroxylation is 2. The molecule has 4 aromatic carbocycles. The highest BCUT2D eigenvalue weighted by atomic mass is 32.2. The Hall–Kier alpha value is -6.70. The number of fused-ring (bicyclic) bond motifs is 8. The first-order chi connectivity index (χ1) is 27.8. The number of hydrogen-bond donors (Lipinski definition) is 4. The summed E-state index contributed by atoms with van der Waals surface area (Å²) in [7, 11) is -8.89. The highest BCUT2D eigenvalue weighted by Crippen LogP contribution is 2.41. The molecule has 286 valence electrons. The van der Waals surface area contributed by atoms with Gasteiger partial charge in [0.05, 0.1) is 26.9 Å². The molecule has 12 heteroatoms. The van der Waals surface area contributed by atoms with E-state index in [0.29, 0.717) is 50.4 Å². The molecule has 0 radical (unpaired) electrons. The predicted molar refractivity (Wildman–Crippen MR) is 230 cm³/mol. The topological polar surface area (TPSA) is 166 Å². The zero-order valence-electron chi connectivity index (χ0n) is 31.1. The number of nitrogens with zero attached hydrogens (tertiary/aromatic N) is 2. The van der Waals surface area contributed by atoms with Gasteiger partial charge < -0.3 is 9.97 Å². The number of hydrogen-bond acceptors (Lipinski definition) is 6. The van der Waals surface area contributed by atoms with Crippen LogP contribution in [-0.2, 0) is 20.2 Å². The molecular formula is C46H34N4O6S2. The lowest BCUT2D eigenvalue weighted by Gasteiger charge is -2.08. The van der Waals surface area contributed by atoms with Crippen molar-refractivity contribution in [2.45, 2.75) is 23.6 Å². The van der Waals surface area contributed by atoms with Gasteiger partial charge in [-0.25, -0.2) is 4.98 Å². The lowest BCUT2D eigenvalue weighted by Crippen LogP contribution is -1.97. The van der Waals surface area contributed by atoms with Gasteiger partial charge >= 0.3 is 0 Å². The van der Waals surface area contributed by atoms with Crippen molar-refractivity contribution >= 4 is 66.4 Å². The van der Waals surface area contributed by atoms with Crippen molar-refractivity contribution in [1.29, 1.82) is 0 Å². The van der Waals surface area contributed by atoms with Crippen molar-refractivity contribution in [1.82, 2.24) is 15.0 Å². The minimum Gasteiger partial charge on any atom is -0.354 e. The summed E-state index contributed by atoms with van der Waals surface area (Å²) in [5.74, 6) is 0. The number of rotatable bonds is 6. The van der Waals surface area contributed by atoms with Gasteiger partial charge in [0.1, 0.15) is 0 Å². The maximum absolute atomic E-state index is 12.0. The van der Waals surface area contributed by atoms with Gasteiger partial charge in [-0.1, -0.05) is 83.9 Å². The van der Waals surface area contributed by atoms with Gasteiger partial charge in [0.15, 0.2) is 0 Å². The summed E-state index contributed by atoms with van der Waals surface area (Å²) in [6, 6.07) is 38.4. The van der Waals surface area contributed by atoms with Crippen LogP contribution in [0.25, 0.3) is 78.7 Å². The van der Waals surface area contributed by atoms with Crippen molar-refractivity contribution in [2.75, 3.05) is 0 Å². The van der Waals surface area contributed by atoms with Crippen LogP contribution in [0.2, 0.25) is 0 Å². The van der Waals surface area contributed by atoms with Crippen molar-refractivity contribution in [3.63, 3.8) is 0 Å². The summed E-state index contributed by atoms with van der Waals surface area (Å²) in [4.78, 5) is 17.0. The predicted octanol–water partition coefficient (Wildman–Crippen LogP) is 10.6. The Morgan fingerprint density at radius 1 is 0.466 bits per heavy atom. The average molecular weight is 803 g/mol. The zero-order valence-corrected chi connectivity index (χ0v) is 32.7. The molecule has 0 amide bonds. The highest BCUT2D eigenvalue weighted by molar-refractivity contribution is 7.86. The van der Waals surface area contributed by atoms with E-state index in [9.17, 15) is 25.9 Å². The zero-order chi connectivity index (χ0) is 40.3. The summed E-state index contributed by atoms with van der Waals surface area (Å²) < 4.78 is 67.6. The van der Waals surface area contributed by atoms with Gasteiger partial charge in [-0.05, 0) is 103 Å².